The highest BCUT2D eigenvalue weighted by atomic mass is 19.1. The van der Waals surface area contributed by atoms with Gasteiger partial charge in [-0.3, -0.25) is 0 Å². The molecule has 5 nitrogen and oxygen atoms in total. The van der Waals surface area contributed by atoms with Gasteiger partial charge in [0.05, 0.1) is 6.20 Å². The van der Waals surface area contributed by atoms with Gasteiger partial charge < -0.3 is 10.6 Å². The van der Waals surface area contributed by atoms with Crippen LogP contribution in [0.2, 0.25) is 0 Å². The lowest BCUT2D eigenvalue weighted by Crippen LogP contribution is -2.11. The van der Waals surface area contributed by atoms with Crippen LogP contribution >= 0.6 is 0 Å². The SMILES string of the molecule is Cc1cccc(C(C)C)c1Nc1cnnc(NCCc2ccccc2F)n1. The summed E-state index contributed by atoms with van der Waals surface area (Å²) in [5.74, 6) is 1.22. The van der Waals surface area contributed by atoms with Crippen LogP contribution in [-0.2, 0) is 6.42 Å². The predicted octanol–water partition coefficient (Wildman–Crippen LogP) is 4.84. The van der Waals surface area contributed by atoms with E-state index in [0.29, 0.717) is 36.2 Å². The number of halogens is 1. The molecule has 0 amide bonds. The van der Waals surface area contributed by atoms with Gasteiger partial charge in [0.15, 0.2) is 5.82 Å². The van der Waals surface area contributed by atoms with E-state index in [-0.39, 0.29) is 5.82 Å². The molecule has 0 saturated carbocycles. The maximum absolute atomic E-state index is 13.7. The molecular weight excluding hydrogens is 341 g/mol. The highest BCUT2D eigenvalue weighted by Gasteiger charge is 2.10. The molecule has 0 fully saturated rings. The first-order chi connectivity index (χ1) is 13.0. The van der Waals surface area contributed by atoms with Gasteiger partial charge in [-0.2, -0.15) is 10.1 Å². The lowest BCUT2D eigenvalue weighted by atomic mass is 9.98. The van der Waals surface area contributed by atoms with E-state index in [9.17, 15) is 4.39 Å². The molecule has 3 rings (SSSR count). The summed E-state index contributed by atoms with van der Waals surface area (Å²) in [4.78, 5) is 4.47. The van der Waals surface area contributed by atoms with E-state index in [1.54, 1.807) is 18.3 Å². The maximum Gasteiger partial charge on any atom is 0.244 e. The molecule has 0 aliphatic rings. The van der Waals surface area contributed by atoms with E-state index in [2.05, 4.69) is 64.8 Å². The van der Waals surface area contributed by atoms with Crippen LogP contribution in [0.5, 0.6) is 0 Å². The lowest BCUT2D eigenvalue weighted by Gasteiger charge is -2.16. The maximum atomic E-state index is 13.7. The number of hydrogen-bond acceptors (Lipinski definition) is 5. The van der Waals surface area contributed by atoms with E-state index < -0.39 is 0 Å². The van der Waals surface area contributed by atoms with Crippen molar-refractivity contribution >= 4 is 17.5 Å². The minimum atomic E-state index is -0.200. The first-order valence-corrected chi connectivity index (χ1v) is 9.08. The molecule has 140 valence electrons. The first kappa shape index (κ1) is 18.8. The van der Waals surface area contributed by atoms with Crippen molar-refractivity contribution < 1.29 is 4.39 Å². The highest BCUT2D eigenvalue weighted by molar-refractivity contribution is 5.65. The molecule has 2 N–H and O–H groups in total. The molecular formula is C21H24FN5. The second-order valence-electron chi connectivity index (χ2n) is 6.75. The zero-order valence-electron chi connectivity index (χ0n) is 15.8. The van der Waals surface area contributed by atoms with Crippen molar-refractivity contribution in [3.8, 4) is 0 Å². The number of aromatic nitrogens is 3. The van der Waals surface area contributed by atoms with Crippen LogP contribution in [0.15, 0.2) is 48.7 Å². The molecule has 6 heteroatoms. The number of anilines is 3. The van der Waals surface area contributed by atoms with Gasteiger partial charge in [-0.05, 0) is 42.0 Å². The average molecular weight is 365 g/mol. The van der Waals surface area contributed by atoms with Crippen molar-refractivity contribution in [2.75, 3.05) is 17.2 Å². The van der Waals surface area contributed by atoms with Gasteiger partial charge in [0, 0.05) is 12.2 Å². The minimum Gasteiger partial charge on any atom is -0.353 e. The van der Waals surface area contributed by atoms with E-state index in [1.807, 2.05) is 6.07 Å². The normalized spacial score (nSPS) is 10.9. The Bertz CT molecular complexity index is 911. The van der Waals surface area contributed by atoms with Gasteiger partial charge in [-0.15, -0.1) is 5.10 Å². The van der Waals surface area contributed by atoms with Crippen molar-refractivity contribution in [2.45, 2.75) is 33.1 Å². The number of hydrogen-bond donors (Lipinski definition) is 2. The first-order valence-electron chi connectivity index (χ1n) is 9.08. The molecule has 0 atom stereocenters. The molecule has 0 radical (unpaired) electrons. The van der Waals surface area contributed by atoms with Gasteiger partial charge in [0.25, 0.3) is 0 Å². The van der Waals surface area contributed by atoms with Crippen LogP contribution in [-0.4, -0.2) is 21.7 Å². The number of benzene rings is 2. The summed E-state index contributed by atoms with van der Waals surface area (Å²) in [6.07, 6.45) is 2.14. The highest BCUT2D eigenvalue weighted by Crippen LogP contribution is 2.29. The molecule has 1 aromatic heterocycles. The Labute approximate surface area is 159 Å². The van der Waals surface area contributed by atoms with Crippen LogP contribution in [0.4, 0.5) is 21.8 Å². The third-order valence-corrected chi connectivity index (χ3v) is 4.37. The summed E-state index contributed by atoms with van der Waals surface area (Å²) < 4.78 is 13.7. The number of nitrogens with one attached hydrogen (secondary N) is 2. The van der Waals surface area contributed by atoms with Crippen molar-refractivity contribution in [1.82, 2.24) is 15.2 Å². The Morgan fingerprint density at radius 1 is 1.07 bits per heavy atom. The minimum absolute atomic E-state index is 0.200. The van der Waals surface area contributed by atoms with Gasteiger partial charge >= 0.3 is 0 Å². The number of para-hydroxylation sites is 1. The van der Waals surface area contributed by atoms with Gasteiger partial charge in [0.1, 0.15) is 5.82 Å². The van der Waals surface area contributed by atoms with Crippen LogP contribution in [0, 0.1) is 12.7 Å². The zero-order chi connectivity index (χ0) is 19.2. The molecule has 1 heterocycles. The molecule has 0 saturated heterocycles. The van der Waals surface area contributed by atoms with Crippen molar-refractivity contribution in [1.29, 1.82) is 0 Å². The second kappa shape index (κ2) is 8.58. The predicted molar refractivity (Wildman–Crippen MR) is 107 cm³/mol. The Morgan fingerprint density at radius 3 is 2.67 bits per heavy atom. The van der Waals surface area contributed by atoms with E-state index in [4.69, 9.17) is 0 Å². The molecule has 27 heavy (non-hydrogen) atoms. The van der Waals surface area contributed by atoms with Crippen LogP contribution in [0.25, 0.3) is 0 Å². The fourth-order valence-corrected chi connectivity index (χ4v) is 2.92. The summed E-state index contributed by atoms with van der Waals surface area (Å²) in [5.41, 5.74) is 4.08. The molecule has 2 aromatic carbocycles. The standard InChI is InChI=1S/C21H24FN5/c1-14(2)17-9-6-7-15(3)20(17)25-19-13-24-27-21(26-19)23-12-11-16-8-4-5-10-18(16)22/h4-10,13-14H,11-12H2,1-3H3,(H2,23,25,26,27). The number of aryl methyl sites for hydroxylation is 1. The van der Waals surface area contributed by atoms with Gasteiger partial charge in [-0.25, -0.2) is 4.39 Å². The third-order valence-electron chi connectivity index (χ3n) is 4.37. The largest absolute Gasteiger partial charge is 0.353 e. The van der Waals surface area contributed by atoms with Crippen LogP contribution < -0.4 is 10.6 Å². The summed E-state index contributed by atoms with van der Waals surface area (Å²) >= 11 is 0. The van der Waals surface area contributed by atoms with E-state index >= 15 is 0 Å². The molecule has 3 aromatic rings. The summed E-state index contributed by atoms with van der Waals surface area (Å²) in [5, 5.41) is 14.5. The van der Waals surface area contributed by atoms with Crippen molar-refractivity contribution in [2.24, 2.45) is 0 Å². The quantitative estimate of drug-likeness (QED) is 0.627. The molecule has 0 spiro atoms. The van der Waals surface area contributed by atoms with Crippen molar-refractivity contribution in [3.05, 3.63) is 71.2 Å². The Hall–Kier alpha value is -3.02. The summed E-state index contributed by atoms with van der Waals surface area (Å²) in [7, 11) is 0. The fourth-order valence-electron chi connectivity index (χ4n) is 2.92. The number of rotatable bonds is 7. The van der Waals surface area contributed by atoms with Crippen LogP contribution in [0.3, 0.4) is 0 Å². The Kier molecular flexibility index (Phi) is 5.96. The fraction of sp³-hybridized carbons (Fsp3) is 0.286. The smallest absolute Gasteiger partial charge is 0.244 e. The third kappa shape index (κ3) is 4.78. The topological polar surface area (TPSA) is 62.7 Å². The lowest BCUT2D eigenvalue weighted by molar-refractivity contribution is 0.610. The number of nitrogens with zero attached hydrogens (tertiary/aromatic N) is 3. The monoisotopic (exact) mass is 365 g/mol. The van der Waals surface area contributed by atoms with Gasteiger partial charge in [0.2, 0.25) is 5.95 Å². The summed E-state index contributed by atoms with van der Waals surface area (Å²) in [6, 6.07) is 13.0. The van der Waals surface area contributed by atoms with Gasteiger partial charge in [-0.1, -0.05) is 50.2 Å². The average Bonchev–Trinajstić information content (AvgIpc) is 2.65. The molecule has 0 bridgehead atoms. The Balaban J connectivity index is 1.69. The second-order valence-corrected chi connectivity index (χ2v) is 6.75. The van der Waals surface area contributed by atoms with Crippen LogP contribution in [0.1, 0.15) is 36.5 Å². The Morgan fingerprint density at radius 2 is 1.89 bits per heavy atom. The van der Waals surface area contributed by atoms with E-state index in [1.165, 1.54) is 11.6 Å². The molecule has 0 aliphatic carbocycles. The summed E-state index contributed by atoms with van der Waals surface area (Å²) in [6.45, 7) is 6.91. The molecule has 0 aliphatic heterocycles. The van der Waals surface area contributed by atoms with E-state index in [0.717, 1.165) is 11.3 Å². The zero-order valence-corrected chi connectivity index (χ0v) is 15.8. The van der Waals surface area contributed by atoms with Crippen molar-refractivity contribution in [3.63, 3.8) is 0 Å². The molecule has 0 unspecified atom stereocenters.